The number of aliphatic carboxylic acids is 1. The average molecular weight is 265 g/mol. The Balaban J connectivity index is 2.06. The van der Waals surface area contributed by atoms with E-state index in [4.69, 9.17) is 9.52 Å². The summed E-state index contributed by atoms with van der Waals surface area (Å²) in [6.07, 6.45) is 1.47. The Labute approximate surface area is 108 Å². The number of hydrogen-bond donors (Lipinski definition) is 1. The van der Waals surface area contributed by atoms with Gasteiger partial charge in [0.05, 0.1) is 6.20 Å². The molecule has 1 atom stereocenters. The lowest BCUT2D eigenvalue weighted by molar-refractivity contribution is -0.137. The molecule has 19 heavy (non-hydrogen) atoms. The summed E-state index contributed by atoms with van der Waals surface area (Å²) in [6, 6.07) is 2.69. The number of carboxylic acids is 1. The summed E-state index contributed by atoms with van der Waals surface area (Å²) in [6.45, 7) is 1.79. The first-order chi connectivity index (χ1) is 9.04. The topological polar surface area (TPSA) is 89.1 Å². The van der Waals surface area contributed by atoms with E-state index in [-0.39, 0.29) is 18.2 Å². The fourth-order valence-electron chi connectivity index (χ4n) is 1.61. The van der Waals surface area contributed by atoms with Crippen LogP contribution in [-0.4, -0.2) is 26.3 Å². The lowest BCUT2D eigenvalue weighted by atomic mass is 10.0. The van der Waals surface area contributed by atoms with E-state index in [1.165, 1.54) is 12.1 Å². The predicted molar refractivity (Wildman–Crippen MR) is 62.6 cm³/mol. The van der Waals surface area contributed by atoms with Crippen molar-refractivity contribution in [1.82, 2.24) is 15.2 Å². The normalized spacial score (nSPS) is 12.3. The third-order valence-corrected chi connectivity index (χ3v) is 2.46. The van der Waals surface area contributed by atoms with Gasteiger partial charge in [-0.15, -0.1) is 10.2 Å². The summed E-state index contributed by atoms with van der Waals surface area (Å²) >= 11 is 0. The molecule has 1 unspecified atom stereocenters. The van der Waals surface area contributed by atoms with Gasteiger partial charge in [-0.2, -0.15) is 0 Å². The van der Waals surface area contributed by atoms with E-state index in [9.17, 15) is 9.18 Å². The third-order valence-electron chi connectivity index (χ3n) is 2.46. The van der Waals surface area contributed by atoms with Gasteiger partial charge < -0.3 is 9.52 Å². The summed E-state index contributed by atoms with van der Waals surface area (Å²) in [5, 5.41) is 16.3. The lowest BCUT2D eigenvalue weighted by Gasteiger charge is -2.03. The molecular weight excluding hydrogens is 253 g/mol. The van der Waals surface area contributed by atoms with Crippen molar-refractivity contribution < 1.29 is 18.7 Å². The van der Waals surface area contributed by atoms with E-state index in [1.54, 1.807) is 6.92 Å². The van der Waals surface area contributed by atoms with Crippen molar-refractivity contribution in [3.8, 4) is 11.6 Å². The van der Waals surface area contributed by atoms with Crippen LogP contribution in [0.2, 0.25) is 0 Å². The van der Waals surface area contributed by atoms with Crippen LogP contribution in [0.25, 0.3) is 11.6 Å². The molecule has 0 saturated heterocycles. The van der Waals surface area contributed by atoms with Gasteiger partial charge in [0, 0.05) is 12.8 Å². The highest BCUT2D eigenvalue weighted by molar-refractivity contribution is 5.66. The van der Waals surface area contributed by atoms with Crippen LogP contribution in [0.5, 0.6) is 0 Å². The molecule has 7 heteroatoms. The Hall–Kier alpha value is -2.31. The predicted octanol–water partition coefficient (Wildman–Crippen LogP) is 1.92. The van der Waals surface area contributed by atoms with Gasteiger partial charge in [-0.05, 0) is 18.1 Å². The number of aromatic nitrogens is 3. The van der Waals surface area contributed by atoms with E-state index >= 15 is 0 Å². The molecule has 0 aliphatic carbocycles. The third kappa shape index (κ3) is 3.57. The van der Waals surface area contributed by atoms with E-state index in [0.29, 0.717) is 18.0 Å². The molecule has 2 aromatic heterocycles. The second-order valence-electron chi connectivity index (χ2n) is 4.27. The summed E-state index contributed by atoms with van der Waals surface area (Å²) < 4.78 is 18.1. The van der Waals surface area contributed by atoms with Crippen LogP contribution in [0.1, 0.15) is 19.2 Å². The lowest BCUT2D eigenvalue weighted by Crippen LogP contribution is -2.07. The minimum atomic E-state index is -0.868. The van der Waals surface area contributed by atoms with Gasteiger partial charge in [-0.1, -0.05) is 6.92 Å². The fraction of sp³-hybridized carbons (Fsp3) is 0.333. The SMILES string of the molecule is CC(CC(=O)O)Cc1nnc(-c2ccc(F)cn2)o1. The van der Waals surface area contributed by atoms with Crippen molar-refractivity contribution in [1.29, 1.82) is 0 Å². The van der Waals surface area contributed by atoms with Gasteiger partial charge >= 0.3 is 5.97 Å². The number of hydrogen-bond acceptors (Lipinski definition) is 5. The molecule has 1 N–H and O–H groups in total. The Morgan fingerprint density at radius 3 is 2.89 bits per heavy atom. The van der Waals surface area contributed by atoms with Crippen molar-refractivity contribution >= 4 is 5.97 Å². The van der Waals surface area contributed by atoms with Crippen LogP contribution in [0.3, 0.4) is 0 Å². The summed E-state index contributed by atoms with van der Waals surface area (Å²) in [5.41, 5.74) is 0.381. The highest BCUT2D eigenvalue weighted by atomic mass is 19.1. The van der Waals surface area contributed by atoms with Gasteiger partial charge in [0.1, 0.15) is 11.5 Å². The second kappa shape index (κ2) is 5.55. The molecule has 0 fully saturated rings. The van der Waals surface area contributed by atoms with Crippen LogP contribution in [0.15, 0.2) is 22.7 Å². The molecule has 0 aliphatic heterocycles. The summed E-state index contributed by atoms with van der Waals surface area (Å²) in [5.74, 6) is -0.884. The van der Waals surface area contributed by atoms with E-state index in [1.807, 2.05) is 0 Å². The van der Waals surface area contributed by atoms with Crippen LogP contribution >= 0.6 is 0 Å². The maximum atomic E-state index is 12.7. The largest absolute Gasteiger partial charge is 0.481 e. The average Bonchev–Trinajstić information content (AvgIpc) is 2.77. The monoisotopic (exact) mass is 265 g/mol. The minimum absolute atomic E-state index is 0.0342. The molecular formula is C12H12FN3O3. The second-order valence-corrected chi connectivity index (χ2v) is 4.27. The molecule has 0 bridgehead atoms. The fourth-order valence-corrected chi connectivity index (χ4v) is 1.61. The number of nitrogens with zero attached hydrogens (tertiary/aromatic N) is 3. The number of rotatable bonds is 5. The van der Waals surface area contributed by atoms with Crippen molar-refractivity contribution in [2.75, 3.05) is 0 Å². The number of carbonyl (C=O) groups is 1. The maximum Gasteiger partial charge on any atom is 0.303 e. The van der Waals surface area contributed by atoms with Gasteiger partial charge in [0.25, 0.3) is 5.89 Å². The van der Waals surface area contributed by atoms with Crippen molar-refractivity contribution in [3.63, 3.8) is 0 Å². The minimum Gasteiger partial charge on any atom is -0.481 e. The van der Waals surface area contributed by atoms with Gasteiger partial charge in [-0.25, -0.2) is 9.37 Å². The van der Waals surface area contributed by atoms with Crippen LogP contribution < -0.4 is 0 Å². The van der Waals surface area contributed by atoms with Crippen LogP contribution in [0, 0.1) is 11.7 Å². The van der Waals surface area contributed by atoms with Crippen molar-refractivity contribution in [2.45, 2.75) is 19.8 Å². The van der Waals surface area contributed by atoms with Gasteiger partial charge in [-0.3, -0.25) is 4.79 Å². The summed E-state index contributed by atoms with van der Waals surface area (Å²) in [7, 11) is 0. The molecule has 0 spiro atoms. The molecule has 0 saturated carbocycles. The van der Waals surface area contributed by atoms with Crippen LogP contribution in [0.4, 0.5) is 4.39 Å². The molecule has 0 amide bonds. The Kier molecular flexibility index (Phi) is 3.84. The highest BCUT2D eigenvalue weighted by Gasteiger charge is 2.14. The smallest absolute Gasteiger partial charge is 0.303 e. The van der Waals surface area contributed by atoms with E-state index in [0.717, 1.165) is 6.20 Å². The van der Waals surface area contributed by atoms with Gasteiger partial charge in [0.15, 0.2) is 0 Å². The highest BCUT2D eigenvalue weighted by Crippen LogP contribution is 2.17. The molecule has 0 aliphatic rings. The Morgan fingerprint density at radius 1 is 1.47 bits per heavy atom. The van der Waals surface area contributed by atoms with Crippen molar-refractivity contribution in [3.05, 3.63) is 30.0 Å². The zero-order valence-electron chi connectivity index (χ0n) is 10.2. The molecule has 0 radical (unpaired) electrons. The molecule has 100 valence electrons. The first kappa shape index (κ1) is 13.1. The van der Waals surface area contributed by atoms with E-state index < -0.39 is 11.8 Å². The summed E-state index contributed by atoms with van der Waals surface area (Å²) in [4.78, 5) is 14.4. The van der Waals surface area contributed by atoms with Crippen LogP contribution in [-0.2, 0) is 11.2 Å². The maximum absolute atomic E-state index is 12.7. The zero-order valence-corrected chi connectivity index (χ0v) is 10.2. The number of carboxylic acid groups (broad SMARTS) is 1. The molecule has 2 aromatic rings. The number of pyridine rings is 1. The molecule has 0 aromatic carbocycles. The Bertz CT molecular complexity index is 568. The van der Waals surface area contributed by atoms with E-state index in [2.05, 4.69) is 15.2 Å². The zero-order chi connectivity index (χ0) is 13.8. The van der Waals surface area contributed by atoms with Crippen molar-refractivity contribution in [2.24, 2.45) is 5.92 Å². The standard InChI is InChI=1S/C12H12FN3O3/c1-7(5-11(17)18)4-10-15-16-12(19-10)9-3-2-8(13)6-14-9/h2-3,6-7H,4-5H2,1H3,(H,17,18). The molecule has 2 heterocycles. The quantitative estimate of drug-likeness (QED) is 0.888. The first-order valence-corrected chi connectivity index (χ1v) is 5.70. The first-order valence-electron chi connectivity index (χ1n) is 5.70. The molecule has 2 rings (SSSR count). The number of halogens is 1. The Morgan fingerprint density at radius 2 is 2.26 bits per heavy atom. The van der Waals surface area contributed by atoms with Gasteiger partial charge in [0.2, 0.25) is 5.89 Å². The molecule has 6 nitrogen and oxygen atoms in total.